The lowest BCUT2D eigenvalue weighted by molar-refractivity contribution is -0.119. The maximum absolute atomic E-state index is 12.8. The average molecular weight is 411 g/mol. The molecule has 0 aliphatic carbocycles. The van der Waals surface area contributed by atoms with Crippen LogP contribution < -0.4 is 16.0 Å². The number of rotatable bonds is 7. The van der Waals surface area contributed by atoms with E-state index in [1.807, 2.05) is 0 Å². The zero-order valence-corrected chi connectivity index (χ0v) is 15.9. The minimum atomic E-state index is -0.511. The molecule has 27 heavy (non-hydrogen) atoms. The monoisotopic (exact) mass is 411 g/mol. The Bertz CT molecular complexity index is 781. The van der Waals surface area contributed by atoms with Gasteiger partial charge in [0.05, 0.1) is 11.9 Å². The SMILES string of the molecule is O=C(CSc1nnc(NC(=O)Nc2ccc(F)cc2)s1)NC[C@H]1CCCO1. The fourth-order valence-electron chi connectivity index (χ4n) is 2.32. The lowest BCUT2D eigenvalue weighted by atomic mass is 10.2. The maximum atomic E-state index is 12.8. The minimum absolute atomic E-state index is 0.103. The van der Waals surface area contributed by atoms with E-state index in [-0.39, 0.29) is 23.6 Å². The summed E-state index contributed by atoms with van der Waals surface area (Å²) in [7, 11) is 0. The van der Waals surface area contributed by atoms with Gasteiger partial charge in [-0.15, -0.1) is 10.2 Å². The first kappa shape index (κ1) is 19.5. The van der Waals surface area contributed by atoms with Crippen LogP contribution in [0.1, 0.15) is 12.8 Å². The Balaban J connectivity index is 1.39. The molecule has 3 N–H and O–H groups in total. The van der Waals surface area contributed by atoms with Crippen molar-refractivity contribution in [1.82, 2.24) is 15.5 Å². The average Bonchev–Trinajstić information content (AvgIpc) is 3.32. The lowest BCUT2D eigenvalue weighted by Gasteiger charge is -2.09. The van der Waals surface area contributed by atoms with E-state index in [1.165, 1.54) is 36.0 Å². The minimum Gasteiger partial charge on any atom is -0.376 e. The Morgan fingerprint density at radius 3 is 2.81 bits per heavy atom. The van der Waals surface area contributed by atoms with E-state index in [2.05, 4.69) is 26.1 Å². The van der Waals surface area contributed by atoms with Gasteiger partial charge in [0.2, 0.25) is 11.0 Å². The highest BCUT2D eigenvalue weighted by Crippen LogP contribution is 2.25. The molecule has 1 saturated heterocycles. The van der Waals surface area contributed by atoms with Gasteiger partial charge < -0.3 is 15.4 Å². The first-order valence-electron chi connectivity index (χ1n) is 8.26. The first-order chi connectivity index (χ1) is 13.1. The van der Waals surface area contributed by atoms with Crippen molar-refractivity contribution in [2.24, 2.45) is 0 Å². The van der Waals surface area contributed by atoms with E-state index in [9.17, 15) is 14.0 Å². The number of urea groups is 1. The van der Waals surface area contributed by atoms with Crippen molar-refractivity contribution < 1.29 is 18.7 Å². The number of nitrogens with zero attached hydrogens (tertiary/aromatic N) is 2. The van der Waals surface area contributed by atoms with E-state index < -0.39 is 6.03 Å². The van der Waals surface area contributed by atoms with Crippen LogP contribution in [-0.2, 0) is 9.53 Å². The normalized spacial score (nSPS) is 16.1. The molecule has 1 aliphatic rings. The first-order valence-corrected chi connectivity index (χ1v) is 10.1. The number of hydrogen-bond acceptors (Lipinski definition) is 7. The third-order valence-electron chi connectivity index (χ3n) is 3.61. The number of carbonyl (C=O) groups excluding carboxylic acids is 2. The van der Waals surface area contributed by atoms with Crippen molar-refractivity contribution in [3.8, 4) is 0 Å². The second-order valence-electron chi connectivity index (χ2n) is 5.69. The highest BCUT2D eigenvalue weighted by molar-refractivity contribution is 8.01. The quantitative estimate of drug-likeness (QED) is 0.478. The Hall–Kier alpha value is -2.24. The van der Waals surface area contributed by atoms with E-state index in [4.69, 9.17) is 4.74 Å². The Morgan fingerprint density at radius 1 is 1.26 bits per heavy atom. The summed E-state index contributed by atoms with van der Waals surface area (Å²) in [6.07, 6.45) is 2.11. The molecular weight excluding hydrogens is 393 g/mol. The van der Waals surface area contributed by atoms with Crippen LogP contribution in [0, 0.1) is 5.82 Å². The molecule has 1 aromatic heterocycles. The molecule has 0 radical (unpaired) electrons. The summed E-state index contributed by atoms with van der Waals surface area (Å²) in [4.78, 5) is 23.7. The van der Waals surface area contributed by atoms with Gasteiger partial charge in [0, 0.05) is 18.8 Å². The number of ether oxygens (including phenoxy) is 1. The van der Waals surface area contributed by atoms with Crippen molar-refractivity contribution in [1.29, 1.82) is 0 Å². The predicted molar refractivity (Wildman–Crippen MR) is 102 cm³/mol. The molecule has 1 fully saturated rings. The number of thioether (sulfide) groups is 1. The van der Waals surface area contributed by atoms with Crippen LogP contribution in [0.3, 0.4) is 0 Å². The van der Waals surface area contributed by atoms with Gasteiger partial charge in [-0.05, 0) is 37.1 Å². The summed E-state index contributed by atoms with van der Waals surface area (Å²) in [5.41, 5.74) is 0.455. The summed E-state index contributed by atoms with van der Waals surface area (Å²) in [5.74, 6) is -0.274. The predicted octanol–water partition coefficient (Wildman–Crippen LogP) is 2.71. The van der Waals surface area contributed by atoms with Crippen LogP contribution in [0.15, 0.2) is 28.6 Å². The molecule has 1 aliphatic heterocycles. The van der Waals surface area contributed by atoms with Crippen LogP contribution >= 0.6 is 23.1 Å². The number of aromatic nitrogens is 2. The Labute approximate surface area is 163 Å². The van der Waals surface area contributed by atoms with Crippen LogP contribution in [0.2, 0.25) is 0 Å². The highest BCUT2D eigenvalue weighted by Gasteiger charge is 2.16. The zero-order valence-electron chi connectivity index (χ0n) is 14.2. The molecule has 1 atom stereocenters. The van der Waals surface area contributed by atoms with Crippen molar-refractivity contribution in [2.75, 3.05) is 29.5 Å². The molecule has 1 aromatic carbocycles. The van der Waals surface area contributed by atoms with Crippen molar-refractivity contribution in [2.45, 2.75) is 23.3 Å². The van der Waals surface area contributed by atoms with Crippen molar-refractivity contribution in [3.63, 3.8) is 0 Å². The second-order valence-corrected chi connectivity index (χ2v) is 7.89. The number of carbonyl (C=O) groups is 2. The molecule has 11 heteroatoms. The highest BCUT2D eigenvalue weighted by atomic mass is 32.2. The van der Waals surface area contributed by atoms with Gasteiger partial charge in [-0.1, -0.05) is 23.1 Å². The van der Waals surface area contributed by atoms with Gasteiger partial charge in [-0.2, -0.15) is 0 Å². The number of benzene rings is 1. The molecule has 0 bridgehead atoms. The molecule has 3 rings (SSSR count). The van der Waals surface area contributed by atoms with Crippen LogP contribution in [0.25, 0.3) is 0 Å². The van der Waals surface area contributed by atoms with Gasteiger partial charge in [0.15, 0.2) is 4.34 Å². The lowest BCUT2D eigenvalue weighted by Crippen LogP contribution is -2.32. The number of nitrogens with one attached hydrogen (secondary N) is 3. The molecule has 0 saturated carbocycles. The zero-order chi connectivity index (χ0) is 19.1. The third kappa shape index (κ3) is 6.45. The Morgan fingerprint density at radius 2 is 2.07 bits per heavy atom. The number of halogens is 1. The standard InChI is InChI=1S/C16H18FN5O3S2/c17-10-3-5-11(6-4-10)19-14(24)20-15-21-22-16(27-15)26-9-13(23)18-8-12-2-1-7-25-12/h3-6,12H,1-2,7-9H2,(H,18,23)(H2,19,20,21,24)/t12-/m1/s1. The summed E-state index contributed by atoms with van der Waals surface area (Å²) in [6, 6.07) is 4.89. The van der Waals surface area contributed by atoms with Crippen molar-refractivity contribution in [3.05, 3.63) is 30.1 Å². The number of amides is 3. The molecule has 0 spiro atoms. The third-order valence-corrected chi connectivity index (χ3v) is 5.58. The fraction of sp³-hybridized carbons (Fsp3) is 0.375. The summed E-state index contributed by atoms with van der Waals surface area (Å²) >= 11 is 2.41. The largest absolute Gasteiger partial charge is 0.376 e. The maximum Gasteiger partial charge on any atom is 0.325 e. The Kier molecular flexibility index (Phi) is 6.96. The van der Waals surface area contributed by atoms with Gasteiger partial charge in [0.25, 0.3) is 0 Å². The van der Waals surface area contributed by atoms with Crippen LogP contribution in [0.5, 0.6) is 0 Å². The second kappa shape index (κ2) is 9.62. The van der Waals surface area contributed by atoms with E-state index in [1.54, 1.807) is 0 Å². The smallest absolute Gasteiger partial charge is 0.325 e. The summed E-state index contributed by atoms with van der Waals surface area (Å²) in [6.45, 7) is 1.27. The van der Waals surface area contributed by atoms with Gasteiger partial charge in [-0.25, -0.2) is 9.18 Å². The number of anilines is 2. The van der Waals surface area contributed by atoms with Crippen LogP contribution in [-0.4, -0.2) is 47.1 Å². The fourth-order valence-corrected chi connectivity index (χ4v) is 3.90. The molecule has 3 amide bonds. The van der Waals surface area contributed by atoms with Crippen LogP contribution in [0.4, 0.5) is 20.0 Å². The summed E-state index contributed by atoms with van der Waals surface area (Å²) in [5, 5.41) is 16.0. The van der Waals surface area contributed by atoms with E-state index in [0.717, 1.165) is 30.8 Å². The molecule has 0 unspecified atom stereocenters. The molecule has 2 heterocycles. The van der Waals surface area contributed by atoms with Gasteiger partial charge in [0.1, 0.15) is 5.82 Å². The number of hydrogen-bond donors (Lipinski definition) is 3. The summed E-state index contributed by atoms with van der Waals surface area (Å²) < 4.78 is 18.9. The molecular formula is C16H18FN5O3S2. The van der Waals surface area contributed by atoms with Crippen molar-refractivity contribution >= 4 is 45.9 Å². The molecule has 8 nitrogen and oxygen atoms in total. The molecule has 2 aromatic rings. The van der Waals surface area contributed by atoms with Gasteiger partial charge in [-0.3, -0.25) is 10.1 Å². The topological polar surface area (TPSA) is 105 Å². The van der Waals surface area contributed by atoms with Gasteiger partial charge >= 0.3 is 6.03 Å². The molecule has 144 valence electrons. The van der Waals surface area contributed by atoms with E-state index >= 15 is 0 Å². The van der Waals surface area contributed by atoms with E-state index in [0.29, 0.717) is 21.7 Å².